The molecule has 47 heavy (non-hydrogen) atoms. The van der Waals surface area contributed by atoms with E-state index in [1.54, 1.807) is 0 Å². The minimum Gasteiger partial charge on any atom is -0.480 e. The molecular weight excluding hydrogens is 702 g/mol. The van der Waals surface area contributed by atoms with Crippen molar-refractivity contribution in [2.45, 2.75) is 24.8 Å². The molecule has 2 atom stereocenters. The van der Waals surface area contributed by atoms with Crippen LogP contribution in [0.2, 0.25) is 20.1 Å². The molecule has 1 fully saturated rings. The summed E-state index contributed by atoms with van der Waals surface area (Å²) in [7, 11) is 0. The lowest BCUT2D eigenvalue weighted by molar-refractivity contribution is -0.173. The molecule has 1 unspecified atom stereocenters. The Hall–Kier alpha value is -4.96. The number of imide groups is 1. The zero-order chi connectivity index (χ0) is 34.6. The van der Waals surface area contributed by atoms with Crippen molar-refractivity contribution < 1.29 is 33.9 Å². The van der Waals surface area contributed by atoms with Crippen LogP contribution in [0.1, 0.15) is 44.2 Å². The third-order valence-electron chi connectivity index (χ3n) is 6.68. The van der Waals surface area contributed by atoms with Crippen LogP contribution in [0.5, 0.6) is 0 Å². The van der Waals surface area contributed by atoms with Crippen LogP contribution in [0.4, 0.5) is 5.69 Å². The Labute approximate surface area is 285 Å². The second kappa shape index (κ2) is 14.6. The Morgan fingerprint density at radius 1 is 1.00 bits per heavy atom. The first-order valence-corrected chi connectivity index (χ1v) is 14.6. The molecule has 3 aromatic rings. The molecule has 15 nitrogen and oxygen atoms in total. The van der Waals surface area contributed by atoms with Gasteiger partial charge in [-0.2, -0.15) is 5.53 Å². The molecule has 0 aliphatic carbocycles. The van der Waals surface area contributed by atoms with Gasteiger partial charge in [0.05, 0.1) is 42.8 Å². The number of carbonyl (C=O) groups excluding carboxylic acids is 4. The van der Waals surface area contributed by atoms with E-state index < -0.39 is 48.0 Å². The molecule has 0 saturated carbocycles. The van der Waals surface area contributed by atoms with E-state index in [0.29, 0.717) is 11.3 Å². The van der Waals surface area contributed by atoms with Crippen molar-refractivity contribution in [3.05, 3.63) is 96.9 Å². The highest BCUT2D eigenvalue weighted by Crippen LogP contribution is 2.38. The van der Waals surface area contributed by atoms with E-state index in [1.165, 1.54) is 54.6 Å². The Bertz CT molecular complexity index is 1800. The number of benzene rings is 3. The highest BCUT2D eigenvalue weighted by Gasteiger charge is 2.44. The normalized spacial score (nSPS) is 14.7. The Morgan fingerprint density at radius 3 is 2.19 bits per heavy atom. The van der Waals surface area contributed by atoms with Gasteiger partial charge in [0.1, 0.15) is 6.04 Å². The van der Waals surface area contributed by atoms with E-state index in [0.717, 1.165) is 5.12 Å². The van der Waals surface area contributed by atoms with Gasteiger partial charge in [-0.1, -0.05) is 75.9 Å². The number of guanidine groups is 1. The van der Waals surface area contributed by atoms with E-state index in [-0.39, 0.29) is 54.2 Å². The summed E-state index contributed by atoms with van der Waals surface area (Å²) in [6, 6.07) is 11.3. The molecule has 1 heterocycles. The van der Waals surface area contributed by atoms with E-state index in [9.17, 15) is 29.1 Å². The van der Waals surface area contributed by atoms with Crippen LogP contribution in [0, 0.1) is 5.53 Å². The van der Waals surface area contributed by atoms with Crippen molar-refractivity contribution in [3.63, 3.8) is 0 Å². The number of aliphatic carboxylic acids is 1. The van der Waals surface area contributed by atoms with Crippen LogP contribution in [0.3, 0.4) is 0 Å². The number of nitrogens with zero attached hydrogens (tertiary/aromatic N) is 4. The summed E-state index contributed by atoms with van der Waals surface area (Å²) in [5.74, 6) is -7.00. The number of halogens is 4. The van der Waals surface area contributed by atoms with Crippen LogP contribution in [0.15, 0.2) is 64.9 Å². The summed E-state index contributed by atoms with van der Waals surface area (Å²) >= 11 is 24.9. The van der Waals surface area contributed by atoms with Gasteiger partial charge in [0, 0.05) is 12.8 Å². The van der Waals surface area contributed by atoms with Gasteiger partial charge < -0.3 is 26.7 Å². The molecule has 0 radical (unpaired) electrons. The summed E-state index contributed by atoms with van der Waals surface area (Å²) in [6.07, 6.45) is -0.672. The molecule has 1 saturated heterocycles. The number of hydrogen-bond donors (Lipinski definition) is 5. The highest BCUT2D eigenvalue weighted by atomic mass is 35.5. The van der Waals surface area contributed by atoms with Crippen molar-refractivity contribution in [3.8, 4) is 0 Å². The molecule has 4 rings (SSSR count). The summed E-state index contributed by atoms with van der Waals surface area (Å²) < 4.78 is 0. The summed E-state index contributed by atoms with van der Waals surface area (Å²) in [4.78, 5) is 69.1. The molecule has 0 bridgehead atoms. The van der Waals surface area contributed by atoms with Gasteiger partial charge in [-0.15, -0.1) is 15.3 Å². The van der Waals surface area contributed by atoms with Gasteiger partial charge in [-0.3, -0.25) is 14.4 Å². The number of hydroxylamine groups is 2. The number of amides is 3. The molecule has 3 aromatic carbocycles. The molecule has 1 aliphatic heterocycles. The minimum absolute atomic E-state index is 0.00138. The van der Waals surface area contributed by atoms with Crippen LogP contribution >= 0.6 is 46.4 Å². The van der Waals surface area contributed by atoms with Gasteiger partial charge in [0.25, 0.3) is 17.7 Å². The Balaban J connectivity index is 1.53. The quantitative estimate of drug-likeness (QED) is 0.0619. The summed E-state index contributed by atoms with van der Waals surface area (Å²) in [5.41, 5.74) is 18.0. The number of nitrogens with one attached hydrogen (secondary N) is 2. The standard InChI is InChI=1S/C28H22Cl4N8O7/c29-16-2-1-3-17(30)21(16)27(46)47-39-20(41)11-15(25(39)43)14-8-9-18(31)22(23(14)32)24(42)36-19(26(44)45)10-12-4-6-13(7-5-12)40(38-35)37-28(33)34/h1-9,15,19,35H,10-11H2,(H,36,42)(H,44,45)(H4,33,34,37)/t15?,19-/m0/s1. The maximum Gasteiger partial charge on any atom is 0.366 e. The van der Waals surface area contributed by atoms with Crippen molar-refractivity contribution in [2.24, 2.45) is 21.8 Å². The third kappa shape index (κ3) is 7.72. The largest absolute Gasteiger partial charge is 0.480 e. The molecule has 0 aromatic heterocycles. The number of carbonyl (C=O) groups is 5. The fourth-order valence-electron chi connectivity index (χ4n) is 4.49. The number of hydrogen-bond acceptors (Lipinski definition) is 9. The predicted octanol–water partition coefficient (Wildman–Crippen LogP) is 4.28. The summed E-state index contributed by atoms with van der Waals surface area (Å²) in [6.45, 7) is 0. The lowest BCUT2D eigenvalue weighted by atomic mass is 9.95. The molecular formula is C28H22Cl4N8O7. The first-order valence-electron chi connectivity index (χ1n) is 13.1. The third-order valence-corrected chi connectivity index (χ3v) is 8.04. The summed E-state index contributed by atoms with van der Waals surface area (Å²) in [5, 5.41) is 19.5. The number of anilines is 1. The first-order chi connectivity index (χ1) is 22.2. The molecule has 19 heteroatoms. The molecule has 7 N–H and O–H groups in total. The van der Waals surface area contributed by atoms with Crippen molar-refractivity contribution >= 4 is 87.7 Å². The average molecular weight is 724 g/mol. The number of carboxylic acids is 1. The van der Waals surface area contributed by atoms with Crippen molar-refractivity contribution in [2.75, 3.05) is 5.12 Å². The molecule has 1 aliphatic rings. The monoisotopic (exact) mass is 722 g/mol. The van der Waals surface area contributed by atoms with Gasteiger partial charge in [0.15, 0.2) is 0 Å². The lowest BCUT2D eigenvalue weighted by Gasteiger charge is -2.19. The number of nitrogens with two attached hydrogens (primary N) is 2. The number of carboxylic acid groups (broad SMARTS) is 1. The van der Waals surface area contributed by atoms with E-state index in [4.69, 9.17) is 68.2 Å². The van der Waals surface area contributed by atoms with Crippen LogP contribution in [0.25, 0.3) is 0 Å². The maximum absolute atomic E-state index is 13.3. The second-order valence-corrected chi connectivity index (χ2v) is 11.3. The second-order valence-electron chi connectivity index (χ2n) is 9.73. The van der Waals surface area contributed by atoms with Crippen molar-refractivity contribution in [1.29, 1.82) is 5.53 Å². The van der Waals surface area contributed by atoms with Gasteiger partial charge in [-0.25, -0.2) is 9.59 Å². The Morgan fingerprint density at radius 2 is 1.62 bits per heavy atom. The average Bonchev–Trinajstić information content (AvgIpc) is 3.28. The van der Waals surface area contributed by atoms with Gasteiger partial charge in [-0.05, 0) is 41.5 Å². The molecule has 3 amide bonds. The topological polar surface area (TPSA) is 234 Å². The van der Waals surface area contributed by atoms with Crippen LogP contribution < -0.4 is 21.9 Å². The van der Waals surface area contributed by atoms with Crippen LogP contribution in [-0.4, -0.2) is 51.8 Å². The molecule has 0 spiro atoms. The zero-order valence-corrected chi connectivity index (χ0v) is 26.6. The predicted molar refractivity (Wildman–Crippen MR) is 170 cm³/mol. The fourth-order valence-corrected chi connectivity index (χ4v) is 5.72. The number of hydrazone groups is 1. The van der Waals surface area contributed by atoms with Crippen LogP contribution in [-0.2, 0) is 25.6 Å². The van der Waals surface area contributed by atoms with E-state index in [2.05, 4.69) is 15.6 Å². The number of rotatable bonds is 11. The van der Waals surface area contributed by atoms with Crippen molar-refractivity contribution in [1.82, 2.24) is 10.4 Å². The van der Waals surface area contributed by atoms with Gasteiger partial charge >= 0.3 is 11.9 Å². The SMILES string of the molecule is N=NN(N=C(N)N)c1ccc(C[C@H](NC(=O)c2c(Cl)ccc(C3CC(=O)N(OC(=O)c4c(Cl)cccc4Cl)C3=O)c2Cl)C(=O)O)cc1. The lowest BCUT2D eigenvalue weighted by Crippen LogP contribution is -2.42. The molecule has 244 valence electrons. The van der Waals surface area contributed by atoms with E-state index >= 15 is 0 Å². The first kappa shape index (κ1) is 34.9. The zero-order valence-electron chi connectivity index (χ0n) is 23.6. The smallest absolute Gasteiger partial charge is 0.366 e. The van der Waals surface area contributed by atoms with Gasteiger partial charge in [0.2, 0.25) is 5.96 Å². The maximum atomic E-state index is 13.3. The Kier molecular flexibility index (Phi) is 10.9. The fraction of sp³-hybridized carbons (Fsp3) is 0.143. The highest BCUT2D eigenvalue weighted by molar-refractivity contribution is 6.41. The van der Waals surface area contributed by atoms with E-state index in [1.807, 2.05) is 0 Å². The minimum atomic E-state index is -1.47.